The maximum Gasteiger partial charge on any atom is 0.411 e. The molecule has 0 saturated heterocycles. The standard InChI is InChI=1S/C25H26N4O5S/c1-35-11-10-28(15-24(31)32)23(30)14-29-13-17(12-26-29)27-25(33)34-16-22-20-8-4-2-6-18(20)19-7-3-5-9-21(19)22/h2-9,12-13,22H,10-11,14-16H2,1H3,(H,27,33)(H,31,32). The lowest BCUT2D eigenvalue weighted by Crippen LogP contribution is -2.39. The van der Waals surface area contributed by atoms with E-state index >= 15 is 0 Å². The van der Waals surface area contributed by atoms with Crippen LogP contribution >= 0.6 is 11.8 Å². The van der Waals surface area contributed by atoms with Crippen molar-refractivity contribution in [2.45, 2.75) is 12.5 Å². The smallest absolute Gasteiger partial charge is 0.411 e. The molecule has 0 spiro atoms. The number of hydrogen-bond acceptors (Lipinski definition) is 6. The van der Waals surface area contributed by atoms with Gasteiger partial charge in [0.1, 0.15) is 19.7 Å². The van der Waals surface area contributed by atoms with E-state index in [1.165, 1.54) is 33.7 Å². The number of nitrogens with zero attached hydrogens (tertiary/aromatic N) is 3. The predicted octanol–water partition coefficient (Wildman–Crippen LogP) is 3.52. The van der Waals surface area contributed by atoms with Crippen LogP contribution in [-0.4, -0.2) is 69.5 Å². The number of carboxylic acid groups (broad SMARTS) is 1. The second-order valence-electron chi connectivity index (χ2n) is 8.08. The highest BCUT2D eigenvalue weighted by molar-refractivity contribution is 7.98. The zero-order chi connectivity index (χ0) is 24.8. The molecule has 2 N–H and O–H groups in total. The number of fused-ring (bicyclic) bond motifs is 3. The number of hydrogen-bond donors (Lipinski definition) is 2. The second-order valence-corrected chi connectivity index (χ2v) is 9.06. The number of carbonyl (C=O) groups is 3. The molecule has 1 aliphatic carbocycles. The van der Waals surface area contributed by atoms with Crippen LogP contribution in [0, 0.1) is 0 Å². The fourth-order valence-electron chi connectivity index (χ4n) is 4.16. The molecule has 1 heterocycles. The van der Waals surface area contributed by atoms with Gasteiger partial charge in [-0.1, -0.05) is 48.5 Å². The van der Waals surface area contributed by atoms with E-state index in [1.807, 2.05) is 30.5 Å². The Kier molecular flexibility index (Phi) is 7.71. The molecule has 0 unspecified atom stereocenters. The molecule has 2 aromatic carbocycles. The van der Waals surface area contributed by atoms with Crippen LogP contribution in [0.3, 0.4) is 0 Å². The summed E-state index contributed by atoms with van der Waals surface area (Å²) in [5.41, 5.74) is 4.93. The molecule has 0 saturated carbocycles. The van der Waals surface area contributed by atoms with Crippen LogP contribution in [0.2, 0.25) is 0 Å². The average Bonchev–Trinajstić information content (AvgIpc) is 3.41. The number of nitrogens with one attached hydrogen (secondary N) is 1. The predicted molar refractivity (Wildman–Crippen MR) is 134 cm³/mol. The number of carboxylic acids is 1. The van der Waals surface area contributed by atoms with E-state index in [1.54, 1.807) is 0 Å². The molecule has 10 heteroatoms. The van der Waals surface area contributed by atoms with Gasteiger partial charge in [0.2, 0.25) is 5.91 Å². The molecule has 35 heavy (non-hydrogen) atoms. The Hall–Kier alpha value is -3.79. The lowest BCUT2D eigenvalue weighted by molar-refractivity contribution is -0.144. The Balaban J connectivity index is 1.33. The molecule has 1 aliphatic rings. The third kappa shape index (κ3) is 5.83. The molecule has 0 fully saturated rings. The van der Waals surface area contributed by atoms with Crippen LogP contribution in [0.4, 0.5) is 10.5 Å². The Morgan fingerprint density at radius 2 is 1.77 bits per heavy atom. The highest BCUT2D eigenvalue weighted by Crippen LogP contribution is 2.44. The van der Waals surface area contributed by atoms with Crippen LogP contribution in [0.1, 0.15) is 17.0 Å². The van der Waals surface area contributed by atoms with E-state index in [2.05, 4.69) is 34.7 Å². The molecule has 0 radical (unpaired) electrons. The first kappa shape index (κ1) is 24.3. The SMILES string of the molecule is CSCCN(CC(=O)O)C(=O)Cn1cc(NC(=O)OCC2c3ccccc3-c3ccccc32)cn1. The number of ether oxygens (including phenoxy) is 1. The van der Waals surface area contributed by atoms with E-state index in [0.29, 0.717) is 18.0 Å². The third-order valence-electron chi connectivity index (χ3n) is 5.76. The Morgan fingerprint density at radius 3 is 2.40 bits per heavy atom. The fraction of sp³-hybridized carbons (Fsp3) is 0.280. The number of anilines is 1. The van der Waals surface area contributed by atoms with Crippen molar-refractivity contribution < 1.29 is 24.2 Å². The van der Waals surface area contributed by atoms with Crippen molar-refractivity contribution in [1.29, 1.82) is 0 Å². The summed E-state index contributed by atoms with van der Waals surface area (Å²) in [7, 11) is 0. The van der Waals surface area contributed by atoms with E-state index in [4.69, 9.17) is 9.84 Å². The number of aromatic nitrogens is 2. The minimum absolute atomic E-state index is 0.0463. The van der Waals surface area contributed by atoms with Crippen molar-refractivity contribution in [2.24, 2.45) is 0 Å². The summed E-state index contributed by atoms with van der Waals surface area (Å²) in [6, 6.07) is 16.2. The molecular formula is C25H26N4O5S. The monoisotopic (exact) mass is 494 g/mol. The maximum absolute atomic E-state index is 12.5. The van der Waals surface area contributed by atoms with Crippen LogP contribution in [0.5, 0.6) is 0 Å². The number of carbonyl (C=O) groups excluding carboxylic acids is 2. The van der Waals surface area contributed by atoms with Crippen LogP contribution in [0.15, 0.2) is 60.9 Å². The van der Waals surface area contributed by atoms with E-state index in [9.17, 15) is 14.4 Å². The average molecular weight is 495 g/mol. The topological polar surface area (TPSA) is 114 Å². The van der Waals surface area contributed by atoms with Crippen molar-refractivity contribution in [3.63, 3.8) is 0 Å². The van der Waals surface area contributed by atoms with Crippen LogP contribution in [0.25, 0.3) is 11.1 Å². The van der Waals surface area contributed by atoms with Gasteiger partial charge in [-0.25, -0.2) is 4.79 Å². The lowest BCUT2D eigenvalue weighted by Gasteiger charge is -2.20. The molecular weight excluding hydrogens is 468 g/mol. The Morgan fingerprint density at radius 1 is 1.11 bits per heavy atom. The minimum atomic E-state index is -1.07. The minimum Gasteiger partial charge on any atom is -0.480 e. The number of amides is 2. The van der Waals surface area contributed by atoms with E-state index < -0.39 is 12.1 Å². The first-order valence-electron chi connectivity index (χ1n) is 11.1. The molecule has 9 nitrogen and oxygen atoms in total. The van der Waals surface area contributed by atoms with Gasteiger partial charge in [0.15, 0.2) is 0 Å². The number of benzene rings is 2. The van der Waals surface area contributed by atoms with Crippen molar-refractivity contribution in [3.05, 3.63) is 72.1 Å². The highest BCUT2D eigenvalue weighted by atomic mass is 32.2. The first-order chi connectivity index (χ1) is 17.0. The quantitative estimate of drug-likeness (QED) is 0.443. The summed E-state index contributed by atoms with van der Waals surface area (Å²) in [6.07, 6.45) is 4.19. The van der Waals surface area contributed by atoms with Gasteiger partial charge in [0.25, 0.3) is 0 Å². The van der Waals surface area contributed by atoms with Crippen LogP contribution in [-0.2, 0) is 20.9 Å². The van der Waals surface area contributed by atoms with E-state index in [0.717, 1.165) is 22.3 Å². The van der Waals surface area contributed by atoms with Gasteiger partial charge in [-0.3, -0.25) is 19.6 Å². The molecule has 0 aliphatic heterocycles. The maximum atomic E-state index is 12.5. The molecule has 0 atom stereocenters. The fourth-order valence-corrected chi connectivity index (χ4v) is 4.57. The van der Waals surface area contributed by atoms with Crippen LogP contribution < -0.4 is 5.32 Å². The normalized spacial score (nSPS) is 12.0. The number of thioether (sulfide) groups is 1. The van der Waals surface area contributed by atoms with Gasteiger partial charge >= 0.3 is 12.1 Å². The highest BCUT2D eigenvalue weighted by Gasteiger charge is 2.29. The van der Waals surface area contributed by atoms with Gasteiger partial charge in [0.05, 0.1) is 11.9 Å². The first-order valence-corrected chi connectivity index (χ1v) is 12.5. The van der Waals surface area contributed by atoms with Gasteiger partial charge in [-0.2, -0.15) is 16.9 Å². The van der Waals surface area contributed by atoms with E-state index in [-0.39, 0.29) is 31.5 Å². The Bertz CT molecular complexity index is 1180. The Labute approximate surface area is 207 Å². The second kappa shape index (κ2) is 11.1. The molecule has 3 aromatic rings. The summed E-state index contributed by atoms with van der Waals surface area (Å²) in [5, 5.41) is 15.8. The zero-order valence-electron chi connectivity index (χ0n) is 19.2. The molecule has 2 amide bonds. The van der Waals surface area contributed by atoms with Gasteiger partial charge in [-0.05, 0) is 28.5 Å². The molecule has 182 valence electrons. The summed E-state index contributed by atoms with van der Waals surface area (Å²) >= 11 is 1.53. The summed E-state index contributed by atoms with van der Waals surface area (Å²) in [5.74, 6) is -0.850. The van der Waals surface area contributed by atoms with Gasteiger partial charge < -0.3 is 14.7 Å². The van der Waals surface area contributed by atoms with Crippen molar-refractivity contribution >= 4 is 35.4 Å². The summed E-state index contributed by atoms with van der Waals surface area (Å²) < 4.78 is 6.89. The zero-order valence-corrected chi connectivity index (χ0v) is 20.0. The molecule has 0 bridgehead atoms. The lowest BCUT2D eigenvalue weighted by atomic mass is 9.98. The molecule has 1 aromatic heterocycles. The van der Waals surface area contributed by atoms with Crippen molar-refractivity contribution in [1.82, 2.24) is 14.7 Å². The van der Waals surface area contributed by atoms with Crippen molar-refractivity contribution in [3.8, 4) is 11.1 Å². The largest absolute Gasteiger partial charge is 0.480 e. The van der Waals surface area contributed by atoms with Crippen molar-refractivity contribution in [2.75, 3.05) is 37.0 Å². The third-order valence-corrected chi connectivity index (χ3v) is 6.36. The summed E-state index contributed by atoms with van der Waals surface area (Å²) in [6.45, 7) is 0.0179. The summed E-state index contributed by atoms with van der Waals surface area (Å²) in [4.78, 5) is 37.3. The number of rotatable bonds is 10. The van der Waals surface area contributed by atoms with Gasteiger partial charge in [0, 0.05) is 24.4 Å². The number of aliphatic carboxylic acids is 1. The molecule has 4 rings (SSSR count). The van der Waals surface area contributed by atoms with Gasteiger partial charge in [-0.15, -0.1) is 0 Å².